The van der Waals surface area contributed by atoms with E-state index in [9.17, 15) is 4.79 Å². The van der Waals surface area contributed by atoms with E-state index in [0.717, 1.165) is 33.8 Å². The predicted molar refractivity (Wildman–Crippen MR) is 63.8 cm³/mol. The van der Waals surface area contributed by atoms with Gasteiger partial charge in [0.05, 0.1) is 0 Å². The molecule has 0 aliphatic heterocycles. The van der Waals surface area contributed by atoms with Crippen LogP contribution in [0.2, 0.25) is 0 Å². The molecule has 3 rings (SSSR count). The average molecular weight is 210 g/mol. The number of aryl methyl sites for hydroxylation is 1. The zero-order chi connectivity index (χ0) is 11.1. The van der Waals surface area contributed by atoms with Crippen LogP contribution in [0.3, 0.4) is 0 Å². The average Bonchev–Trinajstić information content (AvgIpc) is 2.69. The van der Waals surface area contributed by atoms with Gasteiger partial charge in [0.25, 0.3) is 0 Å². The Morgan fingerprint density at radius 3 is 2.81 bits per heavy atom. The fourth-order valence-corrected chi connectivity index (χ4v) is 2.11. The number of furan rings is 1. The van der Waals surface area contributed by atoms with E-state index in [1.807, 2.05) is 43.3 Å². The first-order valence-corrected chi connectivity index (χ1v) is 5.16. The van der Waals surface area contributed by atoms with Crippen molar-refractivity contribution in [2.45, 2.75) is 6.92 Å². The van der Waals surface area contributed by atoms with Gasteiger partial charge in [-0.15, -0.1) is 0 Å². The summed E-state index contributed by atoms with van der Waals surface area (Å²) in [6, 6.07) is 11.6. The van der Waals surface area contributed by atoms with Crippen molar-refractivity contribution in [1.82, 2.24) is 0 Å². The molecule has 0 atom stereocenters. The highest BCUT2D eigenvalue weighted by Crippen LogP contribution is 2.29. The SMILES string of the molecule is Cc1cc2ccc3c(C=O)cccc3c2o1. The van der Waals surface area contributed by atoms with Gasteiger partial charge < -0.3 is 4.42 Å². The first-order valence-electron chi connectivity index (χ1n) is 5.16. The first kappa shape index (κ1) is 9.16. The number of rotatable bonds is 1. The van der Waals surface area contributed by atoms with Crippen molar-refractivity contribution in [3.8, 4) is 0 Å². The number of hydrogen-bond donors (Lipinski definition) is 0. The van der Waals surface area contributed by atoms with Crippen LogP contribution in [0.4, 0.5) is 0 Å². The van der Waals surface area contributed by atoms with Gasteiger partial charge in [-0.25, -0.2) is 0 Å². The van der Waals surface area contributed by atoms with Crippen LogP contribution < -0.4 is 0 Å². The highest BCUT2D eigenvalue weighted by Gasteiger charge is 2.07. The van der Waals surface area contributed by atoms with E-state index in [1.54, 1.807) is 0 Å². The fourth-order valence-electron chi connectivity index (χ4n) is 2.11. The van der Waals surface area contributed by atoms with E-state index >= 15 is 0 Å². The minimum atomic E-state index is 0.702. The van der Waals surface area contributed by atoms with Crippen LogP contribution in [-0.4, -0.2) is 6.29 Å². The Balaban J connectivity index is 2.55. The van der Waals surface area contributed by atoms with Crippen LogP contribution in [0.15, 0.2) is 40.8 Å². The predicted octanol–water partition coefficient (Wildman–Crippen LogP) is 3.71. The summed E-state index contributed by atoms with van der Waals surface area (Å²) in [7, 11) is 0. The molecule has 2 nitrogen and oxygen atoms in total. The lowest BCUT2D eigenvalue weighted by Crippen LogP contribution is -1.82. The molecule has 0 aliphatic carbocycles. The van der Waals surface area contributed by atoms with Crippen LogP contribution in [0.25, 0.3) is 21.7 Å². The summed E-state index contributed by atoms with van der Waals surface area (Å²) in [5.74, 6) is 0.888. The third-order valence-corrected chi connectivity index (χ3v) is 2.83. The number of carbonyl (C=O) groups excluding carboxylic acids is 1. The van der Waals surface area contributed by atoms with Gasteiger partial charge >= 0.3 is 0 Å². The third-order valence-electron chi connectivity index (χ3n) is 2.83. The topological polar surface area (TPSA) is 30.2 Å². The summed E-state index contributed by atoms with van der Waals surface area (Å²) in [6.07, 6.45) is 0.879. The minimum Gasteiger partial charge on any atom is -0.461 e. The minimum absolute atomic E-state index is 0.702. The van der Waals surface area contributed by atoms with Gasteiger partial charge in [-0.1, -0.05) is 30.3 Å². The smallest absolute Gasteiger partial charge is 0.150 e. The van der Waals surface area contributed by atoms with Gasteiger partial charge in [-0.2, -0.15) is 0 Å². The molecule has 0 radical (unpaired) electrons. The van der Waals surface area contributed by atoms with Gasteiger partial charge in [0.1, 0.15) is 11.3 Å². The molecule has 0 aliphatic rings. The Morgan fingerprint density at radius 2 is 2.00 bits per heavy atom. The third kappa shape index (κ3) is 1.16. The number of aldehydes is 1. The maximum absolute atomic E-state index is 10.9. The highest BCUT2D eigenvalue weighted by atomic mass is 16.3. The molecule has 78 valence electrons. The molecule has 2 heteroatoms. The van der Waals surface area contributed by atoms with Crippen LogP contribution in [-0.2, 0) is 0 Å². The van der Waals surface area contributed by atoms with E-state index in [-0.39, 0.29) is 0 Å². The Bertz CT molecular complexity index is 692. The normalized spacial score (nSPS) is 11.1. The fraction of sp³-hybridized carbons (Fsp3) is 0.0714. The highest BCUT2D eigenvalue weighted by molar-refractivity contribution is 6.09. The standard InChI is InChI=1S/C14H10O2/c1-9-7-10-5-6-12-11(8-15)3-2-4-13(12)14(10)16-9/h2-8H,1H3. The van der Waals surface area contributed by atoms with Crippen molar-refractivity contribution >= 4 is 28.0 Å². The van der Waals surface area contributed by atoms with Crippen LogP contribution in [0.1, 0.15) is 16.1 Å². The van der Waals surface area contributed by atoms with Gasteiger partial charge in [0, 0.05) is 16.3 Å². The van der Waals surface area contributed by atoms with E-state index < -0.39 is 0 Å². The summed E-state index contributed by atoms with van der Waals surface area (Å²) in [5.41, 5.74) is 1.56. The molecule has 0 amide bonds. The lowest BCUT2D eigenvalue weighted by molar-refractivity contribution is 0.112. The molecule has 0 saturated carbocycles. The Labute approximate surface area is 92.5 Å². The molecule has 16 heavy (non-hydrogen) atoms. The monoisotopic (exact) mass is 210 g/mol. The van der Waals surface area contributed by atoms with Crippen LogP contribution in [0, 0.1) is 6.92 Å². The number of carbonyl (C=O) groups is 1. The lowest BCUT2D eigenvalue weighted by Gasteiger charge is -2.00. The molecule has 1 aromatic heterocycles. The lowest BCUT2D eigenvalue weighted by atomic mass is 10.0. The molecule has 0 spiro atoms. The second-order valence-electron chi connectivity index (χ2n) is 3.90. The molecule has 3 aromatic rings. The summed E-state index contributed by atoms with van der Waals surface area (Å²) in [4.78, 5) is 10.9. The summed E-state index contributed by atoms with van der Waals surface area (Å²) in [5, 5.41) is 3.02. The van der Waals surface area contributed by atoms with E-state index in [1.165, 1.54) is 0 Å². The van der Waals surface area contributed by atoms with Crippen molar-refractivity contribution < 1.29 is 9.21 Å². The van der Waals surface area contributed by atoms with Crippen LogP contribution >= 0.6 is 0 Å². The second kappa shape index (κ2) is 3.20. The number of fused-ring (bicyclic) bond motifs is 3. The van der Waals surface area contributed by atoms with E-state index in [4.69, 9.17) is 4.42 Å². The van der Waals surface area contributed by atoms with Gasteiger partial charge in [-0.3, -0.25) is 4.79 Å². The molecular weight excluding hydrogens is 200 g/mol. The van der Waals surface area contributed by atoms with Crippen molar-refractivity contribution in [3.63, 3.8) is 0 Å². The maximum atomic E-state index is 10.9. The van der Waals surface area contributed by atoms with Crippen LogP contribution in [0.5, 0.6) is 0 Å². The van der Waals surface area contributed by atoms with Crippen molar-refractivity contribution in [1.29, 1.82) is 0 Å². The Morgan fingerprint density at radius 1 is 1.12 bits per heavy atom. The zero-order valence-electron chi connectivity index (χ0n) is 8.86. The molecule has 1 heterocycles. The number of hydrogen-bond acceptors (Lipinski definition) is 2. The first-order chi connectivity index (χ1) is 7.79. The molecule has 0 bridgehead atoms. The van der Waals surface area contributed by atoms with E-state index in [0.29, 0.717) is 5.56 Å². The molecule has 0 unspecified atom stereocenters. The maximum Gasteiger partial charge on any atom is 0.150 e. The molecule has 2 aromatic carbocycles. The van der Waals surface area contributed by atoms with Crippen molar-refractivity contribution in [2.24, 2.45) is 0 Å². The zero-order valence-corrected chi connectivity index (χ0v) is 8.86. The van der Waals surface area contributed by atoms with Gasteiger partial charge in [-0.05, 0) is 18.4 Å². The van der Waals surface area contributed by atoms with Gasteiger partial charge in [0.15, 0.2) is 6.29 Å². The molecule has 0 N–H and O–H groups in total. The molecule has 0 saturated heterocycles. The second-order valence-corrected chi connectivity index (χ2v) is 3.90. The largest absolute Gasteiger partial charge is 0.461 e. The summed E-state index contributed by atoms with van der Waals surface area (Å²) in [6.45, 7) is 1.93. The summed E-state index contributed by atoms with van der Waals surface area (Å²) >= 11 is 0. The Kier molecular flexibility index (Phi) is 1.83. The molecular formula is C14H10O2. The summed E-state index contributed by atoms with van der Waals surface area (Å²) < 4.78 is 5.66. The Hall–Kier alpha value is -2.09. The number of benzene rings is 2. The van der Waals surface area contributed by atoms with Crippen molar-refractivity contribution in [2.75, 3.05) is 0 Å². The molecule has 0 fully saturated rings. The van der Waals surface area contributed by atoms with E-state index in [2.05, 4.69) is 0 Å². The quantitative estimate of drug-likeness (QED) is 0.573. The van der Waals surface area contributed by atoms with Gasteiger partial charge in [0.2, 0.25) is 0 Å². The van der Waals surface area contributed by atoms with Crippen molar-refractivity contribution in [3.05, 3.63) is 47.7 Å².